The Morgan fingerprint density at radius 3 is 3.21 bits per heavy atom. The molecule has 0 amide bonds. The van der Waals surface area contributed by atoms with Crippen molar-refractivity contribution >= 4 is 5.97 Å². The Hall–Kier alpha value is -0.610. The summed E-state index contributed by atoms with van der Waals surface area (Å²) in [6, 6.07) is 0.352. The van der Waals surface area contributed by atoms with Gasteiger partial charge in [-0.15, -0.1) is 0 Å². The lowest BCUT2D eigenvalue weighted by Crippen LogP contribution is -2.39. The lowest BCUT2D eigenvalue weighted by Gasteiger charge is -2.24. The summed E-state index contributed by atoms with van der Waals surface area (Å²) in [5.74, 6) is 0.389. The molecule has 0 radical (unpaired) electrons. The molecule has 2 fully saturated rings. The Labute approximate surface area is 84.0 Å². The van der Waals surface area contributed by atoms with Crippen LogP contribution in [0, 0.1) is 5.92 Å². The largest absolute Gasteiger partial charge is 0.465 e. The number of fused-ring (bicyclic) bond motifs is 1. The average Bonchev–Trinajstić information content (AvgIpc) is 2.61. The minimum absolute atomic E-state index is 0.105. The highest BCUT2D eigenvalue weighted by molar-refractivity contribution is 5.76. The molecule has 3 atom stereocenters. The first-order chi connectivity index (χ1) is 6.81. The molecule has 14 heavy (non-hydrogen) atoms. The Morgan fingerprint density at radius 1 is 1.64 bits per heavy atom. The highest BCUT2D eigenvalue weighted by atomic mass is 16.5. The number of carbonyl (C=O) groups is 1. The van der Waals surface area contributed by atoms with Crippen molar-refractivity contribution in [2.75, 3.05) is 19.8 Å². The number of nitrogens with one attached hydrogen (secondary N) is 1. The average molecular weight is 199 g/mol. The Bertz CT molecular complexity index is 205. The molecule has 2 heterocycles. The predicted molar refractivity (Wildman–Crippen MR) is 50.9 cm³/mol. The van der Waals surface area contributed by atoms with E-state index in [1.54, 1.807) is 0 Å². The molecule has 0 aromatic carbocycles. The van der Waals surface area contributed by atoms with E-state index in [2.05, 4.69) is 5.32 Å². The van der Waals surface area contributed by atoms with Crippen LogP contribution in [0.1, 0.15) is 19.8 Å². The third kappa shape index (κ3) is 1.91. The third-order valence-electron chi connectivity index (χ3n) is 3.00. The maximum Gasteiger partial charge on any atom is 0.323 e. The quantitative estimate of drug-likeness (QED) is 0.650. The summed E-state index contributed by atoms with van der Waals surface area (Å²) in [6.07, 6.45) is 1.88. The number of hydrogen-bond acceptors (Lipinski definition) is 4. The van der Waals surface area contributed by atoms with Gasteiger partial charge in [0.25, 0.3) is 0 Å². The minimum Gasteiger partial charge on any atom is -0.465 e. The van der Waals surface area contributed by atoms with Crippen LogP contribution in [0.4, 0.5) is 0 Å². The maximum atomic E-state index is 11.5. The van der Waals surface area contributed by atoms with Crippen molar-refractivity contribution in [3.8, 4) is 0 Å². The van der Waals surface area contributed by atoms with Crippen molar-refractivity contribution in [1.82, 2.24) is 5.32 Å². The zero-order valence-corrected chi connectivity index (χ0v) is 8.49. The van der Waals surface area contributed by atoms with Crippen LogP contribution in [0.5, 0.6) is 0 Å². The van der Waals surface area contributed by atoms with Crippen LogP contribution >= 0.6 is 0 Å². The SMILES string of the molecule is CCOC(=O)C1CC2COCCC2N1. The van der Waals surface area contributed by atoms with Crippen LogP contribution in [0.2, 0.25) is 0 Å². The summed E-state index contributed by atoms with van der Waals surface area (Å²) >= 11 is 0. The third-order valence-corrected chi connectivity index (χ3v) is 3.00. The van der Waals surface area contributed by atoms with E-state index in [0.29, 0.717) is 18.6 Å². The van der Waals surface area contributed by atoms with Crippen LogP contribution < -0.4 is 5.32 Å². The minimum atomic E-state index is -0.109. The topological polar surface area (TPSA) is 47.6 Å². The number of rotatable bonds is 2. The van der Waals surface area contributed by atoms with Crippen molar-refractivity contribution < 1.29 is 14.3 Å². The summed E-state index contributed by atoms with van der Waals surface area (Å²) in [5.41, 5.74) is 0. The van der Waals surface area contributed by atoms with E-state index in [1.807, 2.05) is 6.92 Å². The Morgan fingerprint density at radius 2 is 2.50 bits per heavy atom. The molecule has 4 heteroatoms. The van der Waals surface area contributed by atoms with Crippen LogP contribution in [0.15, 0.2) is 0 Å². The fourth-order valence-electron chi connectivity index (χ4n) is 2.28. The van der Waals surface area contributed by atoms with Gasteiger partial charge in [-0.25, -0.2) is 0 Å². The van der Waals surface area contributed by atoms with E-state index in [1.165, 1.54) is 0 Å². The van der Waals surface area contributed by atoms with Gasteiger partial charge in [-0.1, -0.05) is 0 Å². The second kappa shape index (κ2) is 4.28. The molecule has 0 aromatic rings. The van der Waals surface area contributed by atoms with Gasteiger partial charge in [0.15, 0.2) is 0 Å². The molecule has 0 aromatic heterocycles. The van der Waals surface area contributed by atoms with Crippen molar-refractivity contribution in [2.24, 2.45) is 5.92 Å². The lowest BCUT2D eigenvalue weighted by atomic mass is 9.96. The predicted octanol–water partition coefficient (Wildman–Crippen LogP) is 0.317. The van der Waals surface area contributed by atoms with Gasteiger partial charge in [0.05, 0.1) is 13.2 Å². The number of carbonyl (C=O) groups excluding carboxylic acids is 1. The molecule has 2 saturated heterocycles. The molecule has 0 aliphatic carbocycles. The molecule has 2 aliphatic heterocycles. The summed E-state index contributed by atoms with van der Waals surface area (Å²) in [5, 5.41) is 3.32. The standard InChI is InChI=1S/C10H17NO3/c1-2-14-10(12)9-5-7-6-13-4-3-8(7)11-9/h7-9,11H,2-6H2,1H3. The number of esters is 1. The van der Waals surface area contributed by atoms with E-state index in [0.717, 1.165) is 26.1 Å². The molecule has 3 unspecified atom stereocenters. The van der Waals surface area contributed by atoms with E-state index in [4.69, 9.17) is 9.47 Å². The molecule has 0 spiro atoms. The molecule has 4 nitrogen and oxygen atoms in total. The second-order valence-corrected chi connectivity index (χ2v) is 3.94. The molecule has 2 aliphatic rings. The van der Waals surface area contributed by atoms with Gasteiger partial charge < -0.3 is 14.8 Å². The fraction of sp³-hybridized carbons (Fsp3) is 0.900. The van der Waals surface area contributed by atoms with Crippen molar-refractivity contribution in [2.45, 2.75) is 31.8 Å². The van der Waals surface area contributed by atoms with Gasteiger partial charge in [0.1, 0.15) is 6.04 Å². The van der Waals surface area contributed by atoms with Gasteiger partial charge in [0.2, 0.25) is 0 Å². The molecule has 80 valence electrons. The monoisotopic (exact) mass is 199 g/mol. The molecular weight excluding hydrogens is 182 g/mol. The highest BCUT2D eigenvalue weighted by Crippen LogP contribution is 2.26. The summed E-state index contributed by atoms with van der Waals surface area (Å²) < 4.78 is 10.4. The second-order valence-electron chi connectivity index (χ2n) is 3.94. The van der Waals surface area contributed by atoms with Gasteiger partial charge >= 0.3 is 5.97 Å². The smallest absolute Gasteiger partial charge is 0.323 e. The lowest BCUT2D eigenvalue weighted by molar-refractivity contribution is -0.145. The van der Waals surface area contributed by atoms with Crippen LogP contribution in [0.25, 0.3) is 0 Å². The highest BCUT2D eigenvalue weighted by Gasteiger charge is 2.39. The number of hydrogen-bond donors (Lipinski definition) is 1. The van der Waals surface area contributed by atoms with E-state index in [9.17, 15) is 4.79 Å². The van der Waals surface area contributed by atoms with Crippen molar-refractivity contribution in [3.05, 3.63) is 0 Å². The summed E-state index contributed by atoms with van der Waals surface area (Å²) in [7, 11) is 0. The molecule has 1 N–H and O–H groups in total. The van der Waals surface area contributed by atoms with E-state index in [-0.39, 0.29) is 12.0 Å². The van der Waals surface area contributed by atoms with Crippen molar-refractivity contribution in [1.29, 1.82) is 0 Å². The first-order valence-corrected chi connectivity index (χ1v) is 5.31. The van der Waals surface area contributed by atoms with E-state index < -0.39 is 0 Å². The maximum absolute atomic E-state index is 11.5. The van der Waals surface area contributed by atoms with E-state index >= 15 is 0 Å². The fourth-order valence-corrected chi connectivity index (χ4v) is 2.28. The summed E-state index contributed by atoms with van der Waals surface area (Å²) in [4.78, 5) is 11.5. The molecule has 0 saturated carbocycles. The van der Waals surface area contributed by atoms with Gasteiger partial charge in [-0.2, -0.15) is 0 Å². The zero-order valence-electron chi connectivity index (χ0n) is 8.49. The summed E-state index contributed by atoms with van der Waals surface area (Å²) in [6.45, 7) is 3.89. The van der Waals surface area contributed by atoms with Crippen LogP contribution in [0.3, 0.4) is 0 Å². The van der Waals surface area contributed by atoms with Gasteiger partial charge in [0, 0.05) is 12.6 Å². The molecule has 2 rings (SSSR count). The molecule has 0 bridgehead atoms. The van der Waals surface area contributed by atoms with Crippen LogP contribution in [-0.2, 0) is 14.3 Å². The first kappa shape index (κ1) is 9.93. The molecular formula is C10H17NO3. The van der Waals surface area contributed by atoms with Crippen molar-refractivity contribution in [3.63, 3.8) is 0 Å². The van der Waals surface area contributed by atoms with Gasteiger partial charge in [-0.05, 0) is 25.7 Å². The zero-order chi connectivity index (χ0) is 9.97. The first-order valence-electron chi connectivity index (χ1n) is 5.31. The normalized spacial score (nSPS) is 36.5. The Balaban J connectivity index is 1.89. The number of ether oxygens (including phenoxy) is 2. The van der Waals surface area contributed by atoms with Crippen LogP contribution in [-0.4, -0.2) is 37.9 Å². The Kier molecular flexibility index (Phi) is 3.03. The van der Waals surface area contributed by atoms with Gasteiger partial charge in [-0.3, -0.25) is 4.79 Å².